The summed E-state index contributed by atoms with van der Waals surface area (Å²) in [6.45, 7) is 3.90. The minimum atomic E-state index is -4.97. The van der Waals surface area contributed by atoms with Crippen molar-refractivity contribution in [2.45, 2.75) is 31.8 Å². The van der Waals surface area contributed by atoms with E-state index in [1.165, 1.54) is 13.8 Å². The van der Waals surface area contributed by atoms with Gasteiger partial charge < -0.3 is 9.47 Å². The third-order valence-corrected chi connectivity index (χ3v) is 3.32. The zero-order valence-electron chi connectivity index (χ0n) is 13.0. The van der Waals surface area contributed by atoms with Crippen LogP contribution in [0.25, 0.3) is 0 Å². The minimum Gasteiger partial charge on any atom is -0.462 e. The Balaban J connectivity index is 3.81. The van der Waals surface area contributed by atoms with Crippen LogP contribution in [-0.4, -0.2) is 30.1 Å². The molecular formula is C14H14Cl2F3NO4. The van der Waals surface area contributed by atoms with Gasteiger partial charge in [-0.2, -0.15) is 13.2 Å². The summed E-state index contributed by atoms with van der Waals surface area (Å²) in [6, 6.07) is 0. The smallest absolute Gasteiger partial charge is 0.434 e. The minimum absolute atomic E-state index is 0.0390. The predicted octanol–water partition coefficient (Wildman–Crippen LogP) is 4.24. The highest BCUT2D eigenvalue weighted by atomic mass is 35.5. The number of hydrogen-bond acceptors (Lipinski definition) is 5. The number of halogens is 5. The SMILES string of the molecule is CCOC(=O)c1c(C(Cl)Cl)nc(C(F)(F)F)c(C(=O)OCC)c1C. The van der Waals surface area contributed by atoms with Crippen molar-refractivity contribution in [3.05, 3.63) is 28.1 Å². The van der Waals surface area contributed by atoms with E-state index in [0.717, 1.165) is 6.92 Å². The monoisotopic (exact) mass is 387 g/mol. The molecule has 0 atom stereocenters. The van der Waals surface area contributed by atoms with Crippen molar-refractivity contribution < 1.29 is 32.2 Å². The van der Waals surface area contributed by atoms with Crippen molar-refractivity contribution in [1.82, 2.24) is 4.98 Å². The molecule has 0 aliphatic heterocycles. The summed E-state index contributed by atoms with van der Waals surface area (Å²) < 4.78 is 49.3. The normalized spacial score (nSPS) is 11.5. The second kappa shape index (κ2) is 8.02. The number of aromatic nitrogens is 1. The van der Waals surface area contributed by atoms with E-state index < -0.39 is 39.9 Å². The lowest BCUT2D eigenvalue weighted by Gasteiger charge is -2.19. The lowest BCUT2D eigenvalue weighted by Crippen LogP contribution is -2.24. The van der Waals surface area contributed by atoms with Crippen LogP contribution in [0.4, 0.5) is 13.2 Å². The predicted molar refractivity (Wildman–Crippen MR) is 80.3 cm³/mol. The van der Waals surface area contributed by atoms with Crippen LogP contribution in [0.1, 0.15) is 56.4 Å². The number of pyridine rings is 1. The van der Waals surface area contributed by atoms with Crippen molar-refractivity contribution in [3.63, 3.8) is 0 Å². The molecule has 0 aliphatic carbocycles. The lowest BCUT2D eigenvalue weighted by molar-refractivity contribution is -0.141. The average molecular weight is 388 g/mol. The van der Waals surface area contributed by atoms with Crippen molar-refractivity contribution in [1.29, 1.82) is 0 Å². The average Bonchev–Trinajstić information content (AvgIpc) is 2.45. The highest BCUT2D eigenvalue weighted by Crippen LogP contribution is 2.38. The summed E-state index contributed by atoms with van der Waals surface area (Å²) >= 11 is 11.3. The first-order valence-corrected chi connectivity index (χ1v) is 7.67. The van der Waals surface area contributed by atoms with Crippen LogP contribution in [0.2, 0.25) is 0 Å². The largest absolute Gasteiger partial charge is 0.462 e. The molecule has 5 nitrogen and oxygen atoms in total. The molecule has 24 heavy (non-hydrogen) atoms. The molecule has 1 heterocycles. The van der Waals surface area contributed by atoms with Gasteiger partial charge in [0.15, 0.2) is 5.69 Å². The third kappa shape index (κ3) is 4.30. The second-order valence-electron chi connectivity index (χ2n) is 4.46. The Bertz CT molecular complexity index is 648. The van der Waals surface area contributed by atoms with Gasteiger partial charge in [-0.05, 0) is 26.3 Å². The van der Waals surface area contributed by atoms with E-state index in [9.17, 15) is 22.8 Å². The van der Waals surface area contributed by atoms with Crippen molar-refractivity contribution in [2.24, 2.45) is 0 Å². The summed E-state index contributed by atoms with van der Waals surface area (Å²) in [5.74, 6) is -2.24. The zero-order valence-corrected chi connectivity index (χ0v) is 14.5. The van der Waals surface area contributed by atoms with Gasteiger partial charge in [0.05, 0.1) is 30.0 Å². The Labute approximate surface area is 146 Å². The number of nitrogens with zero attached hydrogens (tertiary/aromatic N) is 1. The van der Waals surface area contributed by atoms with Crippen molar-refractivity contribution >= 4 is 35.1 Å². The van der Waals surface area contributed by atoms with Gasteiger partial charge in [-0.1, -0.05) is 23.2 Å². The number of esters is 2. The van der Waals surface area contributed by atoms with Gasteiger partial charge in [-0.15, -0.1) is 0 Å². The van der Waals surface area contributed by atoms with E-state index in [0.29, 0.717) is 0 Å². The van der Waals surface area contributed by atoms with E-state index in [-0.39, 0.29) is 24.3 Å². The summed E-state index contributed by atoms with van der Waals surface area (Å²) in [5.41, 5.74) is -3.62. The zero-order chi connectivity index (χ0) is 18.7. The van der Waals surface area contributed by atoms with E-state index in [1.54, 1.807) is 0 Å². The maximum atomic E-state index is 13.3. The second-order valence-corrected chi connectivity index (χ2v) is 5.56. The molecule has 0 aromatic carbocycles. The van der Waals surface area contributed by atoms with Gasteiger partial charge in [0.1, 0.15) is 4.84 Å². The van der Waals surface area contributed by atoms with Crippen LogP contribution < -0.4 is 0 Å². The quantitative estimate of drug-likeness (QED) is 0.558. The number of hydrogen-bond donors (Lipinski definition) is 0. The Morgan fingerprint density at radius 1 is 1.08 bits per heavy atom. The van der Waals surface area contributed by atoms with Gasteiger partial charge in [0.2, 0.25) is 0 Å². The highest BCUT2D eigenvalue weighted by Gasteiger charge is 2.41. The van der Waals surface area contributed by atoms with Crippen LogP contribution in [-0.2, 0) is 15.7 Å². The molecule has 0 N–H and O–H groups in total. The molecule has 1 rings (SSSR count). The molecule has 0 saturated heterocycles. The Kier molecular flexibility index (Phi) is 6.86. The molecule has 0 radical (unpaired) electrons. The molecule has 10 heteroatoms. The molecule has 134 valence electrons. The van der Waals surface area contributed by atoms with Gasteiger partial charge in [-0.3, -0.25) is 0 Å². The molecule has 0 saturated carbocycles. The Hall–Kier alpha value is -1.54. The van der Waals surface area contributed by atoms with Crippen LogP contribution >= 0.6 is 23.2 Å². The third-order valence-electron chi connectivity index (χ3n) is 2.91. The summed E-state index contributed by atoms with van der Waals surface area (Å²) in [6.07, 6.45) is -4.97. The van der Waals surface area contributed by atoms with Crippen LogP contribution in [0, 0.1) is 6.92 Å². The number of alkyl halides is 5. The first-order chi connectivity index (χ1) is 11.1. The number of carbonyl (C=O) groups excluding carboxylic acids is 2. The molecule has 1 aromatic heterocycles. The first-order valence-electron chi connectivity index (χ1n) is 6.80. The highest BCUT2D eigenvalue weighted by molar-refractivity contribution is 6.44. The summed E-state index contributed by atoms with van der Waals surface area (Å²) in [4.78, 5) is 25.8. The van der Waals surface area contributed by atoms with E-state index >= 15 is 0 Å². The number of carbonyl (C=O) groups is 2. The molecule has 0 fully saturated rings. The van der Waals surface area contributed by atoms with Crippen LogP contribution in [0.5, 0.6) is 0 Å². The van der Waals surface area contributed by atoms with Crippen molar-refractivity contribution in [3.8, 4) is 0 Å². The van der Waals surface area contributed by atoms with Crippen molar-refractivity contribution in [2.75, 3.05) is 13.2 Å². The molecule has 0 aliphatic rings. The topological polar surface area (TPSA) is 65.5 Å². The van der Waals surface area contributed by atoms with Gasteiger partial charge in [-0.25, -0.2) is 14.6 Å². The summed E-state index contributed by atoms with van der Waals surface area (Å²) in [7, 11) is 0. The maximum Gasteiger partial charge on any atom is 0.434 e. The fraction of sp³-hybridized carbons (Fsp3) is 0.500. The van der Waals surface area contributed by atoms with E-state index in [4.69, 9.17) is 27.9 Å². The van der Waals surface area contributed by atoms with E-state index in [2.05, 4.69) is 9.72 Å². The molecular weight excluding hydrogens is 374 g/mol. The Morgan fingerprint density at radius 3 is 1.92 bits per heavy atom. The standard InChI is InChI=1S/C14H14Cl2F3NO4/c1-4-23-12(21)7-6(3)8(13(22)24-5-2)10(14(17,18)19)20-9(7)11(15)16/h11H,4-5H2,1-3H3. The van der Waals surface area contributed by atoms with Gasteiger partial charge in [0.25, 0.3) is 0 Å². The number of rotatable bonds is 5. The number of ether oxygens (including phenoxy) is 2. The molecule has 0 amide bonds. The van der Waals surface area contributed by atoms with Gasteiger partial charge >= 0.3 is 18.1 Å². The first kappa shape index (κ1) is 20.5. The molecule has 0 unspecified atom stereocenters. The molecule has 0 spiro atoms. The summed E-state index contributed by atoms with van der Waals surface area (Å²) in [5, 5.41) is 0. The fourth-order valence-electron chi connectivity index (χ4n) is 2.00. The maximum absolute atomic E-state index is 13.3. The van der Waals surface area contributed by atoms with Crippen LogP contribution in [0.3, 0.4) is 0 Å². The Morgan fingerprint density at radius 2 is 1.54 bits per heavy atom. The lowest BCUT2D eigenvalue weighted by atomic mass is 9.99. The molecule has 1 aromatic rings. The molecule has 0 bridgehead atoms. The van der Waals surface area contributed by atoms with Crippen LogP contribution in [0.15, 0.2) is 0 Å². The fourth-order valence-corrected chi connectivity index (χ4v) is 2.32. The van der Waals surface area contributed by atoms with Gasteiger partial charge in [0, 0.05) is 0 Å². The van der Waals surface area contributed by atoms with E-state index in [1.807, 2.05) is 0 Å².